The van der Waals surface area contributed by atoms with Gasteiger partial charge >= 0.3 is 6.09 Å². The van der Waals surface area contributed by atoms with Crippen molar-refractivity contribution in [1.29, 1.82) is 0 Å². The molecule has 2 rings (SSSR count). The molecule has 1 heterocycles. The van der Waals surface area contributed by atoms with E-state index in [2.05, 4.69) is 5.92 Å². The van der Waals surface area contributed by atoms with Crippen molar-refractivity contribution in [1.82, 2.24) is 4.90 Å². The molecule has 1 aromatic heterocycles. The number of rotatable bonds is 5. The summed E-state index contributed by atoms with van der Waals surface area (Å²) in [7, 11) is 1.90. The van der Waals surface area contributed by atoms with Gasteiger partial charge in [0.05, 0.1) is 6.54 Å². The molecule has 0 saturated heterocycles. The van der Waals surface area contributed by atoms with Crippen molar-refractivity contribution in [2.24, 2.45) is 7.05 Å². The maximum absolute atomic E-state index is 12.4. The van der Waals surface area contributed by atoms with E-state index in [0.29, 0.717) is 5.75 Å². The lowest BCUT2D eigenvalue weighted by Gasteiger charge is -2.26. The van der Waals surface area contributed by atoms with E-state index in [9.17, 15) is 4.79 Å². The molecular weight excluding hydrogens is 415 g/mol. The van der Waals surface area contributed by atoms with Gasteiger partial charge in [-0.2, -0.15) is 0 Å². The number of pyridine rings is 1. The van der Waals surface area contributed by atoms with Crippen LogP contribution in [0.1, 0.15) is 12.5 Å². The number of ether oxygens (including phenoxy) is 1. The Labute approximate surface area is 160 Å². The van der Waals surface area contributed by atoms with Crippen LogP contribution in [0.2, 0.25) is 0 Å². The molecule has 0 fully saturated rings. The van der Waals surface area contributed by atoms with Crippen LogP contribution in [0.5, 0.6) is 5.75 Å². The fourth-order valence-electron chi connectivity index (χ4n) is 2.28. The Morgan fingerprint density at radius 3 is 2.46 bits per heavy atom. The van der Waals surface area contributed by atoms with Crippen molar-refractivity contribution in [3.05, 3.63) is 60.4 Å². The van der Waals surface area contributed by atoms with E-state index in [1.807, 2.05) is 61.3 Å². The van der Waals surface area contributed by atoms with Gasteiger partial charge in [-0.05, 0) is 18.9 Å². The molecule has 1 aromatic carbocycles. The molecule has 1 atom stereocenters. The van der Waals surface area contributed by atoms with E-state index >= 15 is 0 Å². The highest BCUT2D eigenvalue weighted by molar-refractivity contribution is 5.71. The van der Waals surface area contributed by atoms with Gasteiger partial charge in [0.1, 0.15) is 12.8 Å². The van der Waals surface area contributed by atoms with Crippen LogP contribution in [0.3, 0.4) is 0 Å². The Morgan fingerprint density at radius 1 is 1.25 bits per heavy atom. The molecule has 0 aliphatic carbocycles. The molecule has 4 nitrogen and oxygen atoms in total. The number of halogens is 1. The van der Waals surface area contributed by atoms with Crippen LogP contribution in [0.15, 0.2) is 54.9 Å². The van der Waals surface area contributed by atoms with Gasteiger partial charge in [0, 0.05) is 18.2 Å². The largest absolute Gasteiger partial charge is 1.00 e. The second-order valence-corrected chi connectivity index (χ2v) is 5.44. The number of aromatic nitrogens is 1. The van der Waals surface area contributed by atoms with Crippen LogP contribution in [0.25, 0.3) is 0 Å². The molecule has 126 valence electrons. The molecule has 5 heteroatoms. The van der Waals surface area contributed by atoms with E-state index in [-0.39, 0.29) is 36.6 Å². The smallest absolute Gasteiger partial charge is 0.416 e. The summed E-state index contributed by atoms with van der Waals surface area (Å²) >= 11 is 0. The topological polar surface area (TPSA) is 33.4 Å². The predicted molar refractivity (Wildman–Crippen MR) is 88.8 cm³/mol. The molecule has 0 radical (unpaired) electrons. The minimum absolute atomic E-state index is 0. The molecule has 0 N–H and O–H groups in total. The second kappa shape index (κ2) is 9.93. The summed E-state index contributed by atoms with van der Waals surface area (Å²) in [5, 5.41) is 0. The zero-order chi connectivity index (χ0) is 16.7. The summed E-state index contributed by atoms with van der Waals surface area (Å²) in [6.45, 7) is 2.18. The van der Waals surface area contributed by atoms with Gasteiger partial charge in [-0.3, -0.25) is 4.90 Å². The first-order valence-electron chi connectivity index (χ1n) is 7.51. The van der Waals surface area contributed by atoms with Crippen molar-refractivity contribution in [3.8, 4) is 18.1 Å². The number of carbonyl (C=O) groups excluding carboxylic acids is 1. The minimum Gasteiger partial charge on any atom is -1.00 e. The highest BCUT2D eigenvalue weighted by Gasteiger charge is 2.21. The Bertz CT molecular complexity index is 681. The number of aryl methyl sites for hydroxylation is 1. The molecule has 0 aliphatic heterocycles. The van der Waals surface area contributed by atoms with Gasteiger partial charge in [0.25, 0.3) is 0 Å². The number of terminal acetylenes is 1. The van der Waals surface area contributed by atoms with E-state index in [0.717, 1.165) is 12.0 Å². The molecule has 0 spiro atoms. The third-order valence-corrected chi connectivity index (χ3v) is 3.56. The van der Waals surface area contributed by atoms with Crippen molar-refractivity contribution < 1.29 is 38.1 Å². The SMILES string of the molecule is C#CCN(C(=O)Oc1cc[n+](C)cc1)[C@H](C)Cc1ccccc1.[I-]. The zero-order valence-corrected chi connectivity index (χ0v) is 16.0. The molecule has 0 saturated carbocycles. The summed E-state index contributed by atoms with van der Waals surface area (Å²) < 4.78 is 7.29. The second-order valence-electron chi connectivity index (χ2n) is 5.44. The van der Waals surface area contributed by atoms with Crippen LogP contribution in [-0.2, 0) is 13.5 Å². The van der Waals surface area contributed by atoms with Gasteiger partial charge in [-0.25, -0.2) is 9.36 Å². The monoisotopic (exact) mass is 436 g/mol. The number of nitrogens with zero attached hydrogens (tertiary/aromatic N) is 2. The highest BCUT2D eigenvalue weighted by atomic mass is 127. The maximum Gasteiger partial charge on any atom is 0.416 e. The van der Waals surface area contributed by atoms with E-state index in [1.165, 1.54) is 0 Å². The first-order valence-corrected chi connectivity index (χ1v) is 7.51. The van der Waals surface area contributed by atoms with Crippen LogP contribution in [-0.4, -0.2) is 23.6 Å². The zero-order valence-electron chi connectivity index (χ0n) is 13.9. The number of benzene rings is 1. The van der Waals surface area contributed by atoms with Crippen molar-refractivity contribution in [2.75, 3.05) is 6.54 Å². The van der Waals surface area contributed by atoms with Gasteiger partial charge < -0.3 is 28.7 Å². The predicted octanol–water partition coefficient (Wildman–Crippen LogP) is -0.420. The fraction of sp³-hybridized carbons (Fsp3) is 0.263. The Kier molecular flexibility index (Phi) is 8.27. The van der Waals surface area contributed by atoms with Crippen molar-refractivity contribution >= 4 is 6.09 Å². The minimum atomic E-state index is -0.430. The maximum atomic E-state index is 12.4. The molecule has 1 amide bonds. The number of amides is 1. The number of carbonyl (C=O) groups is 1. The summed E-state index contributed by atoms with van der Waals surface area (Å²) in [5.74, 6) is 3.03. The summed E-state index contributed by atoms with van der Waals surface area (Å²) in [5.41, 5.74) is 1.15. The quantitative estimate of drug-likeness (QED) is 0.363. The normalized spacial score (nSPS) is 10.9. The summed E-state index contributed by atoms with van der Waals surface area (Å²) in [4.78, 5) is 14.0. The molecular formula is C19H21IN2O2. The fourth-order valence-corrected chi connectivity index (χ4v) is 2.28. The van der Waals surface area contributed by atoms with Crippen LogP contribution in [0.4, 0.5) is 4.79 Å². The number of hydrogen-bond acceptors (Lipinski definition) is 2. The third kappa shape index (κ3) is 5.85. The van der Waals surface area contributed by atoms with Crippen molar-refractivity contribution in [3.63, 3.8) is 0 Å². The van der Waals surface area contributed by atoms with Crippen molar-refractivity contribution in [2.45, 2.75) is 19.4 Å². The van der Waals surface area contributed by atoms with E-state index < -0.39 is 6.09 Å². The Balaban J connectivity index is 0.00000288. The molecule has 0 aliphatic rings. The lowest BCUT2D eigenvalue weighted by atomic mass is 10.1. The third-order valence-electron chi connectivity index (χ3n) is 3.56. The van der Waals surface area contributed by atoms with E-state index in [1.54, 1.807) is 17.0 Å². The average Bonchev–Trinajstić information content (AvgIpc) is 2.55. The molecule has 2 aromatic rings. The standard InChI is InChI=1S/C19H21N2O2.HI/c1-4-12-21(16(2)15-17-8-6-5-7-9-17)19(22)23-18-10-13-20(3)14-11-18;/h1,5-11,13-14,16H,12,15H2,2-3H3;1H/q+1;/p-1/t16-;/m1./s1. The summed E-state index contributed by atoms with van der Waals surface area (Å²) in [6, 6.07) is 13.4. The summed E-state index contributed by atoms with van der Waals surface area (Å²) in [6.07, 6.45) is 9.34. The van der Waals surface area contributed by atoms with E-state index in [4.69, 9.17) is 11.2 Å². The van der Waals surface area contributed by atoms with Crippen LogP contribution >= 0.6 is 0 Å². The van der Waals surface area contributed by atoms with Crippen LogP contribution < -0.4 is 33.3 Å². The van der Waals surface area contributed by atoms with Crippen LogP contribution in [0, 0.1) is 12.3 Å². The Hall–Kier alpha value is -2.07. The lowest BCUT2D eigenvalue weighted by molar-refractivity contribution is -0.671. The highest BCUT2D eigenvalue weighted by Crippen LogP contribution is 2.13. The lowest BCUT2D eigenvalue weighted by Crippen LogP contribution is -3.00. The first-order chi connectivity index (χ1) is 11.1. The van der Waals surface area contributed by atoms with Gasteiger partial charge in [0.15, 0.2) is 12.4 Å². The molecule has 0 unspecified atom stereocenters. The Morgan fingerprint density at radius 2 is 1.88 bits per heavy atom. The first kappa shape index (κ1) is 20.0. The average molecular weight is 436 g/mol. The van der Waals surface area contributed by atoms with Gasteiger partial charge in [0.2, 0.25) is 0 Å². The molecule has 0 bridgehead atoms. The van der Waals surface area contributed by atoms with Gasteiger partial charge in [-0.1, -0.05) is 36.3 Å². The number of hydrogen-bond donors (Lipinski definition) is 0. The molecule has 24 heavy (non-hydrogen) atoms. The van der Waals surface area contributed by atoms with Gasteiger partial charge in [-0.15, -0.1) is 6.42 Å².